The quantitative estimate of drug-likeness (QED) is 0.409. The number of methoxy groups -OCH3 is 2. The second kappa shape index (κ2) is 10.8. The van der Waals surface area contributed by atoms with E-state index in [1.54, 1.807) is 24.3 Å². The molecule has 33 heavy (non-hydrogen) atoms. The molecule has 2 aromatic rings. The van der Waals surface area contributed by atoms with Crippen molar-refractivity contribution >= 4 is 39.2 Å². The third kappa shape index (κ3) is 5.93. The van der Waals surface area contributed by atoms with Crippen molar-refractivity contribution in [1.29, 1.82) is 0 Å². The summed E-state index contributed by atoms with van der Waals surface area (Å²) in [4.78, 5) is 26.2. The Balaban J connectivity index is 1.71. The number of para-hydroxylation sites is 2. The molecule has 0 aliphatic carbocycles. The Kier molecular flexibility index (Phi) is 8.14. The van der Waals surface area contributed by atoms with Crippen LogP contribution in [0.5, 0.6) is 11.5 Å². The number of ether oxygens (including phenoxy) is 4. The van der Waals surface area contributed by atoms with Crippen LogP contribution in [0.3, 0.4) is 0 Å². The first-order chi connectivity index (χ1) is 15.8. The summed E-state index contributed by atoms with van der Waals surface area (Å²) in [5.41, 5.74) is 0.487. The number of carbonyl (C=O) groups excluding carboxylic acids is 2. The van der Waals surface area contributed by atoms with E-state index in [-0.39, 0.29) is 35.4 Å². The molecule has 0 aromatic heterocycles. The first kappa shape index (κ1) is 24.8. The maximum Gasteiger partial charge on any atom is 0.348 e. The van der Waals surface area contributed by atoms with Crippen LogP contribution in [0, 0.1) is 0 Å². The van der Waals surface area contributed by atoms with Gasteiger partial charge in [0.15, 0.2) is 6.61 Å². The molecule has 0 unspecified atom stereocenters. The minimum Gasteiger partial charge on any atom is -0.482 e. The molecule has 10 nitrogen and oxygen atoms in total. The van der Waals surface area contributed by atoms with Gasteiger partial charge in [0.05, 0.1) is 35.9 Å². The molecule has 1 atom stereocenters. The lowest BCUT2D eigenvalue weighted by Crippen LogP contribution is -2.48. The van der Waals surface area contributed by atoms with Gasteiger partial charge in [-0.15, -0.1) is 0 Å². The topological polar surface area (TPSA) is 120 Å². The highest BCUT2D eigenvalue weighted by molar-refractivity contribution is 7.89. The molecule has 2 aromatic carbocycles. The van der Waals surface area contributed by atoms with Gasteiger partial charge in [0.25, 0.3) is 5.91 Å². The van der Waals surface area contributed by atoms with Crippen molar-refractivity contribution in [3.8, 4) is 11.5 Å². The van der Waals surface area contributed by atoms with E-state index in [2.05, 4.69) is 4.72 Å². The van der Waals surface area contributed by atoms with Gasteiger partial charge in [0.2, 0.25) is 16.1 Å². The maximum absolute atomic E-state index is 12.9. The summed E-state index contributed by atoms with van der Waals surface area (Å²) in [6.45, 7) is -0.126. The Bertz CT molecular complexity index is 1120. The highest BCUT2D eigenvalue weighted by Gasteiger charge is 2.34. The number of benzene rings is 2. The van der Waals surface area contributed by atoms with Crippen molar-refractivity contribution < 1.29 is 37.0 Å². The summed E-state index contributed by atoms with van der Waals surface area (Å²) in [6.07, 6.45) is -0.979. The van der Waals surface area contributed by atoms with Gasteiger partial charge in [0, 0.05) is 13.7 Å². The standard InChI is InChI=1S/C21H23ClN2O8S/c1-29-10-9-23-33(27,28)14-7-8-17(15(22)11-14)31-13-20(25)24-12-19(21(26)30-2)32-18-6-4-3-5-16(18)24/h3-8,11,19,23H,9-10,12-13H2,1-2H3/t19-/m0/s1. The molecule has 0 saturated heterocycles. The van der Waals surface area contributed by atoms with Gasteiger partial charge in [-0.25, -0.2) is 17.9 Å². The van der Waals surface area contributed by atoms with Crippen molar-refractivity contribution in [2.75, 3.05) is 45.4 Å². The van der Waals surface area contributed by atoms with E-state index < -0.39 is 34.6 Å². The van der Waals surface area contributed by atoms with Crippen molar-refractivity contribution in [3.05, 3.63) is 47.5 Å². The van der Waals surface area contributed by atoms with Crippen molar-refractivity contribution in [3.63, 3.8) is 0 Å². The number of amides is 1. The highest BCUT2D eigenvalue weighted by atomic mass is 35.5. The van der Waals surface area contributed by atoms with E-state index in [0.717, 1.165) is 0 Å². The average molecular weight is 499 g/mol. The molecule has 178 valence electrons. The summed E-state index contributed by atoms with van der Waals surface area (Å²) >= 11 is 6.18. The maximum atomic E-state index is 12.9. The molecule has 0 fully saturated rings. The zero-order valence-electron chi connectivity index (χ0n) is 17.9. The van der Waals surface area contributed by atoms with Gasteiger partial charge in [-0.1, -0.05) is 23.7 Å². The van der Waals surface area contributed by atoms with E-state index >= 15 is 0 Å². The number of halogens is 1. The van der Waals surface area contributed by atoms with Crippen LogP contribution in [-0.2, 0) is 29.1 Å². The Morgan fingerprint density at radius 1 is 1.21 bits per heavy atom. The van der Waals surface area contributed by atoms with Gasteiger partial charge < -0.3 is 23.8 Å². The smallest absolute Gasteiger partial charge is 0.348 e. The summed E-state index contributed by atoms with van der Waals surface area (Å²) in [7, 11) is -1.07. The number of anilines is 1. The summed E-state index contributed by atoms with van der Waals surface area (Å²) < 4.78 is 47.7. The van der Waals surface area contributed by atoms with Crippen LogP contribution in [0.2, 0.25) is 5.02 Å². The van der Waals surface area contributed by atoms with Crippen molar-refractivity contribution in [2.45, 2.75) is 11.0 Å². The summed E-state index contributed by atoms with van der Waals surface area (Å²) in [6, 6.07) is 10.7. The number of hydrogen-bond acceptors (Lipinski definition) is 8. The van der Waals surface area contributed by atoms with Crippen LogP contribution in [0.15, 0.2) is 47.4 Å². The SMILES string of the molecule is COCCNS(=O)(=O)c1ccc(OCC(=O)N2C[C@@H](C(=O)OC)Oc3ccccc32)c(Cl)c1. The lowest BCUT2D eigenvalue weighted by atomic mass is 10.2. The molecule has 1 N–H and O–H groups in total. The number of fused-ring (bicyclic) bond motifs is 1. The molecule has 0 saturated carbocycles. The van der Waals surface area contributed by atoms with E-state index in [0.29, 0.717) is 11.4 Å². The number of esters is 1. The zero-order valence-corrected chi connectivity index (χ0v) is 19.5. The normalized spacial score (nSPS) is 15.4. The fraction of sp³-hybridized carbons (Fsp3) is 0.333. The Morgan fingerprint density at radius 2 is 1.97 bits per heavy atom. The van der Waals surface area contributed by atoms with Crippen LogP contribution in [-0.4, -0.2) is 66.9 Å². The first-order valence-corrected chi connectivity index (χ1v) is 11.7. The molecule has 0 radical (unpaired) electrons. The largest absolute Gasteiger partial charge is 0.482 e. The van der Waals surface area contributed by atoms with Gasteiger partial charge in [-0.3, -0.25) is 4.79 Å². The fourth-order valence-corrected chi connectivity index (χ4v) is 4.41. The molecule has 1 aliphatic rings. The predicted octanol–water partition coefficient (Wildman–Crippen LogP) is 1.61. The number of nitrogens with one attached hydrogen (secondary N) is 1. The van der Waals surface area contributed by atoms with Crippen LogP contribution < -0.4 is 19.1 Å². The van der Waals surface area contributed by atoms with E-state index in [1.807, 2.05) is 0 Å². The zero-order chi connectivity index (χ0) is 24.0. The van der Waals surface area contributed by atoms with E-state index in [9.17, 15) is 18.0 Å². The lowest BCUT2D eigenvalue weighted by molar-refractivity contribution is -0.148. The Labute approximate surface area is 196 Å². The predicted molar refractivity (Wildman–Crippen MR) is 119 cm³/mol. The lowest BCUT2D eigenvalue weighted by Gasteiger charge is -2.33. The van der Waals surface area contributed by atoms with Gasteiger partial charge >= 0.3 is 5.97 Å². The third-order valence-electron chi connectivity index (χ3n) is 4.70. The Morgan fingerprint density at radius 3 is 2.67 bits per heavy atom. The van der Waals surface area contributed by atoms with Crippen molar-refractivity contribution in [1.82, 2.24) is 4.72 Å². The molecule has 1 heterocycles. The van der Waals surface area contributed by atoms with Crippen LogP contribution >= 0.6 is 11.6 Å². The number of nitrogens with zero attached hydrogens (tertiary/aromatic N) is 1. The fourth-order valence-electron chi connectivity index (χ4n) is 3.07. The summed E-state index contributed by atoms with van der Waals surface area (Å²) in [5.74, 6) is -0.566. The Hall–Kier alpha value is -2.86. The molecular formula is C21H23ClN2O8S. The number of rotatable bonds is 9. The van der Waals surface area contributed by atoms with E-state index in [1.165, 1.54) is 37.3 Å². The minimum absolute atomic E-state index is 0.0206. The monoisotopic (exact) mass is 498 g/mol. The molecule has 1 aliphatic heterocycles. The summed E-state index contributed by atoms with van der Waals surface area (Å²) in [5, 5.41) is 0.0206. The molecular weight excluding hydrogens is 476 g/mol. The minimum atomic E-state index is -3.77. The van der Waals surface area contributed by atoms with Gasteiger partial charge in [-0.05, 0) is 30.3 Å². The molecule has 12 heteroatoms. The molecule has 0 spiro atoms. The number of hydrogen-bond donors (Lipinski definition) is 1. The highest BCUT2D eigenvalue weighted by Crippen LogP contribution is 2.34. The van der Waals surface area contributed by atoms with E-state index in [4.69, 9.17) is 30.5 Å². The first-order valence-electron chi connectivity index (χ1n) is 9.81. The van der Waals surface area contributed by atoms with Crippen LogP contribution in [0.1, 0.15) is 0 Å². The second-order valence-electron chi connectivity index (χ2n) is 6.87. The van der Waals surface area contributed by atoms with Crippen LogP contribution in [0.4, 0.5) is 5.69 Å². The average Bonchev–Trinajstić information content (AvgIpc) is 2.81. The molecule has 1 amide bonds. The molecule has 3 rings (SSSR count). The second-order valence-corrected chi connectivity index (χ2v) is 9.05. The van der Waals surface area contributed by atoms with Crippen LogP contribution in [0.25, 0.3) is 0 Å². The number of carbonyl (C=O) groups is 2. The van der Waals surface area contributed by atoms with Gasteiger partial charge in [-0.2, -0.15) is 0 Å². The van der Waals surface area contributed by atoms with Crippen molar-refractivity contribution in [2.24, 2.45) is 0 Å². The molecule has 0 bridgehead atoms. The van der Waals surface area contributed by atoms with Gasteiger partial charge in [0.1, 0.15) is 11.5 Å². The third-order valence-corrected chi connectivity index (χ3v) is 6.46. The number of sulfonamides is 1.